The predicted molar refractivity (Wildman–Crippen MR) is 81.5 cm³/mol. The van der Waals surface area contributed by atoms with Crippen molar-refractivity contribution in [3.63, 3.8) is 0 Å². The summed E-state index contributed by atoms with van der Waals surface area (Å²) in [6.07, 6.45) is 6.04. The summed E-state index contributed by atoms with van der Waals surface area (Å²) in [6.45, 7) is 4.15. The van der Waals surface area contributed by atoms with Gasteiger partial charge in [-0.1, -0.05) is 44.7 Å². The lowest BCUT2D eigenvalue weighted by molar-refractivity contribution is 0.00521. The van der Waals surface area contributed by atoms with Crippen LogP contribution in [0.1, 0.15) is 68.2 Å². The largest absolute Gasteiger partial charge is 0.388 e. The van der Waals surface area contributed by atoms with Crippen LogP contribution in [0, 0.1) is 0 Å². The Labute approximate surface area is 130 Å². The van der Waals surface area contributed by atoms with Gasteiger partial charge in [-0.3, -0.25) is 4.79 Å². The molecule has 0 aliphatic heterocycles. The second-order valence-electron chi connectivity index (χ2n) is 6.05. The molecule has 1 aliphatic carbocycles. The fourth-order valence-corrected chi connectivity index (χ4v) is 2.71. The first-order chi connectivity index (χ1) is 9.91. The van der Waals surface area contributed by atoms with E-state index in [1.807, 2.05) is 13.8 Å². The summed E-state index contributed by atoms with van der Waals surface area (Å²) in [5.41, 5.74) is -0.622. The smallest absolute Gasteiger partial charge is 0.271 e. The molecule has 0 bridgehead atoms. The lowest BCUT2D eigenvalue weighted by Crippen LogP contribution is -2.44. The van der Waals surface area contributed by atoms with Crippen LogP contribution in [0.25, 0.3) is 0 Å². The van der Waals surface area contributed by atoms with E-state index in [1.54, 1.807) is 0 Å². The maximum Gasteiger partial charge on any atom is 0.271 e. The van der Waals surface area contributed by atoms with Crippen LogP contribution in [0.5, 0.6) is 0 Å². The van der Waals surface area contributed by atoms with Gasteiger partial charge < -0.3 is 10.4 Å². The molecule has 5 nitrogen and oxygen atoms in total. The number of halogens is 1. The summed E-state index contributed by atoms with van der Waals surface area (Å²) < 4.78 is 0. The molecule has 1 aliphatic rings. The Kier molecular flexibility index (Phi) is 5.17. The average molecular weight is 312 g/mol. The highest BCUT2D eigenvalue weighted by Gasteiger charge is 2.30. The topological polar surface area (TPSA) is 75.1 Å². The van der Waals surface area contributed by atoms with Crippen LogP contribution < -0.4 is 5.32 Å². The number of nitrogens with zero attached hydrogens (tertiary/aromatic N) is 2. The van der Waals surface area contributed by atoms with Gasteiger partial charge in [0.1, 0.15) is 11.5 Å². The number of hydrogen-bond acceptors (Lipinski definition) is 4. The van der Waals surface area contributed by atoms with Crippen LogP contribution >= 0.6 is 11.6 Å². The Morgan fingerprint density at radius 3 is 2.71 bits per heavy atom. The van der Waals surface area contributed by atoms with Crippen molar-refractivity contribution < 1.29 is 9.90 Å². The molecule has 1 amide bonds. The van der Waals surface area contributed by atoms with E-state index in [4.69, 9.17) is 11.6 Å². The van der Waals surface area contributed by atoms with Gasteiger partial charge in [0.05, 0.1) is 16.8 Å². The molecule has 0 saturated heterocycles. The molecular formula is C15H22ClN3O2. The number of amides is 1. The molecule has 1 saturated carbocycles. The van der Waals surface area contributed by atoms with E-state index in [1.165, 1.54) is 6.20 Å². The Morgan fingerprint density at radius 2 is 2.10 bits per heavy atom. The molecule has 2 N–H and O–H groups in total. The van der Waals surface area contributed by atoms with Crippen molar-refractivity contribution >= 4 is 17.5 Å². The maximum atomic E-state index is 12.2. The summed E-state index contributed by atoms with van der Waals surface area (Å²) in [4.78, 5) is 20.6. The zero-order valence-corrected chi connectivity index (χ0v) is 13.3. The predicted octanol–water partition coefficient (Wildman–Crippen LogP) is 2.68. The first-order valence-corrected chi connectivity index (χ1v) is 7.82. The lowest BCUT2D eigenvalue weighted by atomic mass is 9.85. The summed E-state index contributed by atoms with van der Waals surface area (Å²) in [5.74, 6) is 0.348. The molecule has 0 atom stereocenters. The van der Waals surface area contributed by atoms with Gasteiger partial charge >= 0.3 is 0 Å². The summed E-state index contributed by atoms with van der Waals surface area (Å²) in [6, 6.07) is 0. The van der Waals surface area contributed by atoms with Gasteiger partial charge in [0.25, 0.3) is 5.91 Å². The fourth-order valence-electron chi connectivity index (χ4n) is 2.53. The van der Waals surface area contributed by atoms with Gasteiger partial charge in [0.15, 0.2) is 0 Å². The average Bonchev–Trinajstić information content (AvgIpc) is 2.46. The molecule has 0 spiro atoms. The minimum absolute atomic E-state index is 0.122. The normalized spacial score (nSPS) is 17.8. The van der Waals surface area contributed by atoms with Crippen molar-refractivity contribution in [1.29, 1.82) is 0 Å². The third-order valence-electron chi connectivity index (χ3n) is 3.86. The van der Waals surface area contributed by atoms with Crippen LogP contribution in [0.4, 0.5) is 0 Å². The number of hydrogen-bond donors (Lipinski definition) is 2. The Hall–Kier alpha value is -1.20. The zero-order valence-electron chi connectivity index (χ0n) is 12.5. The lowest BCUT2D eigenvalue weighted by Gasteiger charge is -2.32. The molecule has 116 valence electrons. The highest BCUT2D eigenvalue weighted by atomic mass is 35.5. The molecule has 21 heavy (non-hydrogen) atoms. The number of aliphatic hydroxyl groups is 1. The Balaban J connectivity index is 2.04. The van der Waals surface area contributed by atoms with Crippen molar-refractivity contribution in [1.82, 2.24) is 15.3 Å². The second kappa shape index (κ2) is 6.71. The first kappa shape index (κ1) is 16.2. The minimum atomic E-state index is -0.797. The Bertz CT molecular complexity index is 514. The fraction of sp³-hybridized carbons (Fsp3) is 0.667. The van der Waals surface area contributed by atoms with E-state index in [9.17, 15) is 9.90 Å². The number of nitrogens with one attached hydrogen (secondary N) is 1. The van der Waals surface area contributed by atoms with E-state index in [-0.39, 0.29) is 29.1 Å². The molecule has 0 radical (unpaired) electrons. The number of carbonyl (C=O) groups excluding carboxylic acids is 1. The number of aromatic nitrogens is 2. The van der Waals surface area contributed by atoms with Gasteiger partial charge in [-0.15, -0.1) is 0 Å². The SMILES string of the molecule is CC(C)c1ncc(Cl)c(C(=O)NCC2(O)CCCCC2)n1. The van der Waals surface area contributed by atoms with Crippen molar-refractivity contribution in [2.45, 2.75) is 57.5 Å². The molecule has 0 unspecified atom stereocenters. The van der Waals surface area contributed by atoms with Crippen LogP contribution in [-0.4, -0.2) is 33.1 Å². The number of rotatable bonds is 4. The highest BCUT2D eigenvalue weighted by Crippen LogP contribution is 2.27. The third kappa shape index (κ3) is 4.14. The van der Waals surface area contributed by atoms with Gasteiger partial charge in [0, 0.05) is 12.5 Å². The molecule has 1 heterocycles. The van der Waals surface area contributed by atoms with Crippen molar-refractivity contribution in [3.05, 3.63) is 22.7 Å². The molecule has 1 aromatic heterocycles. The first-order valence-electron chi connectivity index (χ1n) is 7.44. The van der Waals surface area contributed by atoms with Crippen LogP contribution in [-0.2, 0) is 0 Å². The standard InChI is InChI=1S/C15H22ClN3O2/c1-10(2)13-17-8-11(16)12(19-13)14(20)18-9-15(21)6-4-3-5-7-15/h8,10,21H,3-7,9H2,1-2H3,(H,18,20). The highest BCUT2D eigenvalue weighted by molar-refractivity contribution is 6.33. The van der Waals surface area contributed by atoms with E-state index < -0.39 is 5.60 Å². The number of carbonyl (C=O) groups is 1. The van der Waals surface area contributed by atoms with Crippen LogP contribution in [0.15, 0.2) is 6.20 Å². The van der Waals surface area contributed by atoms with Crippen molar-refractivity contribution in [2.24, 2.45) is 0 Å². The molecule has 2 rings (SSSR count). The van der Waals surface area contributed by atoms with E-state index >= 15 is 0 Å². The summed E-state index contributed by atoms with van der Waals surface area (Å²) in [7, 11) is 0. The van der Waals surface area contributed by atoms with Crippen LogP contribution in [0.3, 0.4) is 0 Å². The van der Waals surface area contributed by atoms with E-state index in [0.717, 1.165) is 32.1 Å². The third-order valence-corrected chi connectivity index (χ3v) is 4.13. The summed E-state index contributed by atoms with van der Waals surface area (Å²) in [5, 5.41) is 13.4. The maximum absolute atomic E-state index is 12.2. The monoisotopic (exact) mass is 311 g/mol. The zero-order chi connectivity index (χ0) is 15.5. The van der Waals surface area contributed by atoms with Gasteiger partial charge in [-0.25, -0.2) is 9.97 Å². The van der Waals surface area contributed by atoms with Crippen molar-refractivity contribution in [3.8, 4) is 0 Å². The quantitative estimate of drug-likeness (QED) is 0.896. The molecule has 6 heteroatoms. The summed E-state index contributed by atoms with van der Waals surface area (Å²) >= 11 is 6.00. The van der Waals surface area contributed by atoms with E-state index in [0.29, 0.717) is 5.82 Å². The van der Waals surface area contributed by atoms with Crippen molar-refractivity contribution in [2.75, 3.05) is 6.54 Å². The van der Waals surface area contributed by atoms with Crippen LogP contribution in [0.2, 0.25) is 5.02 Å². The second-order valence-corrected chi connectivity index (χ2v) is 6.45. The van der Waals surface area contributed by atoms with Gasteiger partial charge in [0.2, 0.25) is 0 Å². The molecule has 1 aromatic rings. The molecule has 0 aromatic carbocycles. The molecule has 1 fully saturated rings. The van der Waals surface area contributed by atoms with E-state index in [2.05, 4.69) is 15.3 Å². The van der Waals surface area contributed by atoms with Gasteiger partial charge in [-0.2, -0.15) is 0 Å². The van der Waals surface area contributed by atoms with Gasteiger partial charge in [-0.05, 0) is 12.8 Å². The minimum Gasteiger partial charge on any atom is -0.388 e. The molecular weight excluding hydrogens is 290 g/mol. The Morgan fingerprint density at radius 1 is 1.43 bits per heavy atom.